The average molecular weight is 570 g/mol. The van der Waals surface area contributed by atoms with Gasteiger partial charge in [0.15, 0.2) is 0 Å². The number of amides is 3. The fraction of sp³-hybridized carbons (Fsp3) is 0.676. The van der Waals surface area contributed by atoms with Crippen LogP contribution in [0.1, 0.15) is 130 Å². The minimum Gasteiger partial charge on any atom is -0.444 e. The first kappa shape index (κ1) is 36.0. The van der Waals surface area contributed by atoms with Gasteiger partial charge >= 0.3 is 6.09 Å². The molecule has 0 fully saturated rings. The van der Waals surface area contributed by atoms with E-state index in [2.05, 4.69) is 30.4 Å². The van der Waals surface area contributed by atoms with Gasteiger partial charge < -0.3 is 20.3 Å². The van der Waals surface area contributed by atoms with E-state index in [4.69, 9.17) is 11.2 Å². The molecule has 0 bridgehead atoms. The van der Waals surface area contributed by atoms with E-state index < -0.39 is 23.8 Å². The molecule has 4 atom stereocenters. The Balaban J connectivity index is 3.58. The zero-order valence-corrected chi connectivity index (χ0v) is 26.8. The lowest BCUT2D eigenvalue weighted by Gasteiger charge is -2.37. The number of unbranched alkanes of at least 4 members (excludes halogenated alkanes) is 5. The van der Waals surface area contributed by atoms with Gasteiger partial charge in [-0.25, -0.2) is 4.79 Å². The van der Waals surface area contributed by atoms with Gasteiger partial charge in [-0.05, 0) is 58.1 Å². The van der Waals surface area contributed by atoms with E-state index in [1.54, 1.807) is 31.7 Å². The fourth-order valence-corrected chi connectivity index (χ4v) is 4.87. The summed E-state index contributed by atoms with van der Waals surface area (Å²) in [7, 11) is 0. The molecule has 41 heavy (non-hydrogen) atoms. The van der Waals surface area contributed by atoms with Gasteiger partial charge in [0.1, 0.15) is 17.7 Å². The number of terminal acetylenes is 1. The number of rotatable bonds is 17. The first-order chi connectivity index (χ1) is 19.4. The minimum absolute atomic E-state index is 0.0655. The molecule has 0 aliphatic carbocycles. The number of nitrogens with one attached hydrogen (secondary N) is 2. The van der Waals surface area contributed by atoms with Crippen LogP contribution in [0.4, 0.5) is 4.79 Å². The van der Waals surface area contributed by atoms with E-state index in [1.165, 1.54) is 6.42 Å². The predicted octanol–water partition coefficient (Wildman–Crippen LogP) is 7.14. The van der Waals surface area contributed by atoms with Gasteiger partial charge in [0.2, 0.25) is 11.8 Å². The van der Waals surface area contributed by atoms with Crippen molar-refractivity contribution in [3.63, 3.8) is 0 Å². The third-order valence-electron chi connectivity index (χ3n) is 7.27. The number of hydrogen-bond donors (Lipinski definition) is 2. The van der Waals surface area contributed by atoms with Gasteiger partial charge in [-0.1, -0.05) is 96.8 Å². The summed E-state index contributed by atoms with van der Waals surface area (Å²) >= 11 is 0. The molecular formula is C34H55N3O4. The summed E-state index contributed by atoms with van der Waals surface area (Å²) < 4.78 is 5.51. The fourth-order valence-electron chi connectivity index (χ4n) is 4.87. The van der Waals surface area contributed by atoms with Crippen LogP contribution in [0.3, 0.4) is 0 Å². The Morgan fingerprint density at radius 1 is 0.951 bits per heavy atom. The molecule has 7 nitrogen and oxygen atoms in total. The van der Waals surface area contributed by atoms with Gasteiger partial charge in [0.25, 0.3) is 0 Å². The van der Waals surface area contributed by atoms with Gasteiger partial charge in [-0.3, -0.25) is 9.59 Å². The smallest absolute Gasteiger partial charge is 0.408 e. The Labute approximate surface area is 249 Å². The van der Waals surface area contributed by atoms with Crippen LogP contribution in [0.2, 0.25) is 0 Å². The highest BCUT2D eigenvalue weighted by Crippen LogP contribution is 2.28. The van der Waals surface area contributed by atoms with Crippen molar-refractivity contribution >= 4 is 17.9 Å². The number of nitrogens with zero attached hydrogens (tertiary/aromatic N) is 1. The summed E-state index contributed by atoms with van der Waals surface area (Å²) in [6, 6.07) is 5.43. The molecule has 1 aromatic rings. The zero-order valence-electron chi connectivity index (χ0n) is 26.8. The summed E-state index contributed by atoms with van der Waals surface area (Å²) in [4.78, 5) is 43.0. The van der Waals surface area contributed by atoms with Crippen LogP contribution < -0.4 is 10.6 Å². The van der Waals surface area contributed by atoms with Gasteiger partial charge in [-0.15, -0.1) is 6.42 Å². The van der Waals surface area contributed by atoms with Crippen molar-refractivity contribution < 1.29 is 19.1 Å². The number of carbonyl (C=O) groups is 3. The maximum Gasteiger partial charge on any atom is 0.408 e. The summed E-state index contributed by atoms with van der Waals surface area (Å²) in [6.07, 6.45) is 13.8. The lowest BCUT2D eigenvalue weighted by Crippen LogP contribution is -2.56. The van der Waals surface area contributed by atoms with Crippen LogP contribution >= 0.6 is 0 Å². The van der Waals surface area contributed by atoms with Crippen LogP contribution in [0.25, 0.3) is 0 Å². The van der Waals surface area contributed by atoms with Gasteiger partial charge in [-0.2, -0.15) is 0 Å². The quantitative estimate of drug-likeness (QED) is 0.154. The molecule has 3 amide bonds. The standard InChI is InChI=1S/C34H55N3O4/c1-10-14-15-16-17-20-24-37(32(39)29(25(5)12-3)36-33(40)41-34(7,8)9)30(31(38)35-26(6)21-11-2)28-23-19-18-22-27(28)13-4/h4,18-19,22-23,25-26,29-30H,10-12,14-17,20-21,24H2,1-3,5-9H3,(H,35,38)(H,36,40). The van der Waals surface area contributed by atoms with Crippen molar-refractivity contribution in [3.05, 3.63) is 35.4 Å². The van der Waals surface area contributed by atoms with E-state index in [9.17, 15) is 14.4 Å². The second-order valence-corrected chi connectivity index (χ2v) is 12.1. The SMILES string of the molecule is C#Cc1ccccc1C(C(=O)NC(C)CCC)N(CCCCCCCC)C(=O)C(NC(=O)OC(C)(C)C)C(C)CC. The molecule has 0 saturated carbocycles. The molecule has 0 saturated heterocycles. The molecular weight excluding hydrogens is 514 g/mol. The topological polar surface area (TPSA) is 87.7 Å². The highest BCUT2D eigenvalue weighted by molar-refractivity contribution is 5.92. The van der Waals surface area contributed by atoms with E-state index in [0.29, 0.717) is 24.1 Å². The van der Waals surface area contributed by atoms with Crippen molar-refractivity contribution in [2.75, 3.05) is 6.54 Å². The molecule has 1 aromatic carbocycles. The molecule has 0 heterocycles. The second-order valence-electron chi connectivity index (χ2n) is 12.1. The predicted molar refractivity (Wildman–Crippen MR) is 167 cm³/mol. The first-order valence-corrected chi connectivity index (χ1v) is 15.6. The largest absolute Gasteiger partial charge is 0.444 e. The van der Waals surface area contributed by atoms with Crippen molar-refractivity contribution in [3.8, 4) is 12.3 Å². The van der Waals surface area contributed by atoms with Crippen LogP contribution in [0.15, 0.2) is 24.3 Å². The maximum atomic E-state index is 14.5. The zero-order chi connectivity index (χ0) is 31.0. The average Bonchev–Trinajstić information content (AvgIpc) is 2.91. The highest BCUT2D eigenvalue weighted by Gasteiger charge is 2.38. The number of alkyl carbamates (subject to hydrolysis) is 1. The Hall–Kier alpha value is -3.01. The van der Waals surface area contributed by atoms with Crippen molar-refractivity contribution in [2.45, 2.75) is 137 Å². The molecule has 0 aliphatic heterocycles. The van der Waals surface area contributed by atoms with E-state index in [1.807, 2.05) is 39.0 Å². The van der Waals surface area contributed by atoms with Crippen molar-refractivity contribution in [1.82, 2.24) is 15.5 Å². The minimum atomic E-state index is -0.934. The lowest BCUT2D eigenvalue weighted by atomic mass is 9.93. The Morgan fingerprint density at radius 3 is 2.17 bits per heavy atom. The van der Waals surface area contributed by atoms with Crippen molar-refractivity contribution in [1.29, 1.82) is 0 Å². The lowest BCUT2D eigenvalue weighted by molar-refractivity contribution is -0.143. The van der Waals surface area contributed by atoms with Gasteiger partial charge in [0, 0.05) is 18.2 Å². The highest BCUT2D eigenvalue weighted by atomic mass is 16.6. The van der Waals surface area contributed by atoms with E-state index >= 15 is 0 Å². The molecule has 4 unspecified atom stereocenters. The number of hydrogen-bond acceptors (Lipinski definition) is 4. The molecule has 2 N–H and O–H groups in total. The van der Waals surface area contributed by atoms with Gasteiger partial charge in [0.05, 0.1) is 0 Å². The third-order valence-corrected chi connectivity index (χ3v) is 7.27. The first-order valence-electron chi connectivity index (χ1n) is 15.6. The van der Waals surface area contributed by atoms with Crippen LogP contribution in [0, 0.1) is 18.3 Å². The summed E-state index contributed by atoms with van der Waals surface area (Å²) in [5.74, 6) is 1.94. The summed E-state index contributed by atoms with van der Waals surface area (Å²) in [5.41, 5.74) is 0.460. The Kier molecular flexibility index (Phi) is 16.2. The van der Waals surface area contributed by atoms with Crippen LogP contribution in [-0.4, -0.2) is 47.0 Å². The molecule has 0 aliphatic rings. The molecule has 1 rings (SSSR count). The Morgan fingerprint density at radius 2 is 1.59 bits per heavy atom. The van der Waals surface area contributed by atoms with Crippen LogP contribution in [-0.2, 0) is 14.3 Å². The number of ether oxygens (including phenoxy) is 1. The third kappa shape index (κ3) is 12.6. The Bertz CT molecular complexity index is 994. The van der Waals surface area contributed by atoms with Crippen LogP contribution in [0.5, 0.6) is 0 Å². The van der Waals surface area contributed by atoms with E-state index in [0.717, 1.165) is 44.9 Å². The molecule has 0 aromatic heterocycles. The normalized spacial score (nSPS) is 14.2. The molecule has 7 heteroatoms. The number of carbonyl (C=O) groups excluding carboxylic acids is 3. The monoisotopic (exact) mass is 569 g/mol. The summed E-state index contributed by atoms with van der Waals surface area (Å²) in [6.45, 7) is 15.8. The maximum absolute atomic E-state index is 14.5. The molecule has 0 spiro atoms. The second kappa shape index (κ2) is 18.4. The van der Waals surface area contributed by atoms with E-state index in [-0.39, 0.29) is 23.8 Å². The molecule has 230 valence electrons. The summed E-state index contributed by atoms with van der Waals surface area (Å²) in [5, 5.41) is 5.96. The van der Waals surface area contributed by atoms with Crippen molar-refractivity contribution in [2.24, 2.45) is 5.92 Å². The number of benzene rings is 1. The molecule has 0 radical (unpaired) electrons.